The maximum Gasteiger partial charge on any atom is 0.313 e. The van der Waals surface area contributed by atoms with E-state index in [0.717, 1.165) is 33.9 Å². The average Bonchev–Trinajstić information content (AvgIpc) is 2.84. The van der Waals surface area contributed by atoms with Crippen molar-refractivity contribution in [3.8, 4) is 5.69 Å². The molecule has 7 heteroatoms. The zero-order valence-corrected chi connectivity index (χ0v) is 12.6. The van der Waals surface area contributed by atoms with Gasteiger partial charge in [0.15, 0.2) is 5.16 Å². The molecule has 0 aliphatic carbocycles. The minimum absolute atomic E-state index is 0.0311. The van der Waals surface area contributed by atoms with Crippen molar-refractivity contribution in [1.82, 2.24) is 14.8 Å². The molecular weight excluding hydrogens is 330 g/mol. The van der Waals surface area contributed by atoms with Gasteiger partial charge in [0.1, 0.15) is 6.33 Å². The molecule has 0 aliphatic heterocycles. The summed E-state index contributed by atoms with van der Waals surface area (Å²) >= 11 is 4.60. The van der Waals surface area contributed by atoms with Gasteiger partial charge in [-0.2, -0.15) is 0 Å². The van der Waals surface area contributed by atoms with Crippen LogP contribution in [0.5, 0.6) is 0 Å². The Morgan fingerprint density at radius 3 is 3.00 bits per heavy atom. The number of hydrogen-bond acceptors (Lipinski definition) is 4. The summed E-state index contributed by atoms with van der Waals surface area (Å²) in [5, 5.41) is 17.1. The SMILES string of the molecule is CCc1cc(Br)ccc1-n1cnnc1SCC(=O)O. The van der Waals surface area contributed by atoms with Crippen LogP contribution in [0.4, 0.5) is 0 Å². The smallest absolute Gasteiger partial charge is 0.313 e. The first kappa shape index (κ1) is 14.1. The van der Waals surface area contributed by atoms with Crippen molar-refractivity contribution < 1.29 is 9.90 Å². The van der Waals surface area contributed by atoms with Crippen molar-refractivity contribution in [2.24, 2.45) is 0 Å². The van der Waals surface area contributed by atoms with Crippen molar-refractivity contribution in [3.63, 3.8) is 0 Å². The van der Waals surface area contributed by atoms with Crippen LogP contribution in [-0.2, 0) is 11.2 Å². The van der Waals surface area contributed by atoms with E-state index in [2.05, 4.69) is 33.1 Å². The minimum Gasteiger partial charge on any atom is -0.481 e. The topological polar surface area (TPSA) is 68.0 Å². The predicted octanol–water partition coefficient (Wildman–Crippen LogP) is 2.77. The van der Waals surface area contributed by atoms with E-state index in [-0.39, 0.29) is 5.75 Å². The van der Waals surface area contributed by atoms with Crippen LogP contribution in [0.1, 0.15) is 12.5 Å². The van der Waals surface area contributed by atoms with Gasteiger partial charge in [-0.1, -0.05) is 34.6 Å². The second-order valence-electron chi connectivity index (χ2n) is 3.79. The molecule has 5 nitrogen and oxygen atoms in total. The van der Waals surface area contributed by atoms with Crippen molar-refractivity contribution in [3.05, 3.63) is 34.6 Å². The van der Waals surface area contributed by atoms with E-state index >= 15 is 0 Å². The molecule has 0 bridgehead atoms. The van der Waals surface area contributed by atoms with Gasteiger partial charge in [0, 0.05) is 4.47 Å². The van der Waals surface area contributed by atoms with E-state index in [1.165, 1.54) is 0 Å². The molecule has 1 heterocycles. The number of aryl methyl sites for hydroxylation is 1. The maximum absolute atomic E-state index is 10.6. The fraction of sp³-hybridized carbons (Fsp3) is 0.250. The molecule has 0 fully saturated rings. The van der Waals surface area contributed by atoms with Crippen LogP contribution in [-0.4, -0.2) is 31.6 Å². The Bertz CT molecular complexity index is 600. The van der Waals surface area contributed by atoms with Crippen molar-refractivity contribution in [2.75, 3.05) is 5.75 Å². The first-order valence-electron chi connectivity index (χ1n) is 5.65. The summed E-state index contributed by atoms with van der Waals surface area (Å²) in [6.07, 6.45) is 2.47. The molecule has 100 valence electrons. The molecule has 0 saturated carbocycles. The van der Waals surface area contributed by atoms with Gasteiger partial charge in [0.2, 0.25) is 0 Å². The maximum atomic E-state index is 10.6. The number of aliphatic carboxylic acids is 1. The van der Waals surface area contributed by atoms with Crippen LogP contribution in [0.15, 0.2) is 34.2 Å². The highest BCUT2D eigenvalue weighted by atomic mass is 79.9. The number of hydrogen-bond donors (Lipinski definition) is 1. The van der Waals surface area contributed by atoms with Gasteiger partial charge in [-0.05, 0) is 30.2 Å². The molecule has 1 aromatic carbocycles. The largest absolute Gasteiger partial charge is 0.481 e. The number of rotatable bonds is 5. The van der Waals surface area contributed by atoms with Crippen LogP contribution in [0, 0.1) is 0 Å². The number of halogens is 1. The number of thioether (sulfide) groups is 1. The van der Waals surface area contributed by atoms with Crippen LogP contribution in [0.25, 0.3) is 5.69 Å². The van der Waals surface area contributed by atoms with E-state index in [9.17, 15) is 4.79 Å². The van der Waals surface area contributed by atoms with Gasteiger partial charge >= 0.3 is 5.97 Å². The third-order valence-corrected chi connectivity index (χ3v) is 3.94. The van der Waals surface area contributed by atoms with Gasteiger partial charge < -0.3 is 5.11 Å². The number of carbonyl (C=O) groups is 1. The lowest BCUT2D eigenvalue weighted by molar-refractivity contribution is -0.133. The van der Waals surface area contributed by atoms with Crippen LogP contribution in [0.3, 0.4) is 0 Å². The highest BCUT2D eigenvalue weighted by molar-refractivity contribution is 9.10. The Morgan fingerprint density at radius 2 is 2.32 bits per heavy atom. The number of nitrogens with zero attached hydrogens (tertiary/aromatic N) is 3. The first-order valence-corrected chi connectivity index (χ1v) is 7.43. The molecule has 19 heavy (non-hydrogen) atoms. The summed E-state index contributed by atoms with van der Waals surface area (Å²) in [7, 11) is 0. The quantitative estimate of drug-likeness (QED) is 0.847. The molecule has 2 aromatic rings. The van der Waals surface area contributed by atoms with Gasteiger partial charge in [-0.25, -0.2) is 0 Å². The Balaban J connectivity index is 2.36. The highest BCUT2D eigenvalue weighted by Crippen LogP contribution is 2.25. The molecule has 0 saturated heterocycles. The fourth-order valence-electron chi connectivity index (χ4n) is 1.69. The standard InChI is InChI=1S/C12H12BrN3O2S/c1-2-8-5-9(13)3-4-10(8)16-7-14-15-12(16)19-6-11(17)18/h3-5,7H,2,6H2,1H3,(H,17,18). The molecule has 0 aliphatic rings. The van der Waals surface area contributed by atoms with Crippen LogP contribution in [0.2, 0.25) is 0 Å². The third-order valence-electron chi connectivity index (χ3n) is 2.52. The van der Waals surface area contributed by atoms with Crippen LogP contribution >= 0.6 is 27.7 Å². The third kappa shape index (κ3) is 3.36. The second kappa shape index (κ2) is 6.21. The lowest BCUT2D eigenvalue weighted by Gasteiger charge is -2.10. The zero-order valence-electron chi connectivity index (χ0n) is 10.2. The fourth-order valence-corrected chi connectivity index (χ4v) is 2.74. The molecule has 2 rings (SSSR count). The van der Waals surface area contributed by atoms with E-state index in [0.29, 0.717) is 5.16 Å². The summed E-state index contributed by atoms with van der Waals surface area (Å²) in [4.78, 5) is 10.6. The summed E-state index contributed by atoms with van der Waals surface area (Å²) < 4.78 is 2.83. The summed E-state index contributed by atoms with van der Waals surface area (Å²) in [5.74, 6) is -0.900. The summed E-state index contributed by atoms with van der Waals surface area (Å²) in [5.41, 5.74) is 2.12. The lowest BCUT2D eigenvalue weighted by atomic mass is 10.1. The van der Waals surface area contributed by atoms with E-state index in [1.54, 1.807) is 6.33 Å². The predicted molar refractivity (Wildman–Crippen MR) is 76.8 cm³/mol. The molecule has 0 radical (unpaired) electrons. The Kier molecular flexibility index (Phi) is 4.60. The Hall–Kier alpha value is -1.34. The lowest BCUT2D eigenvalue weighted by Crippen LogP contribution is -2.03. The highest BCUT2D eigenvalue weighted by Gasteiger charge is 2.12. The second-order valence-corrected chi connectivity index (χ2v) is 5.65. The Morgan fingerprint density at radius 1 is 1.53 bits per heavy atom. The normalized spacial score (nSPS) is 10.6. The molecule has 0 atom stereocenters. The number of aromatic nitrogens is 3. The molecule has 1 N–H and O–H groups in total. The minimum atomic E-state index is -0.869. The van der Waals surface area contributed by atoms with Crippen molar-refractivity contribution >= 4 is 33.7 Å². The van der Waals surface area contributed by atoms with Gasteiger partial charge in [-0.3, -0.25) is 9.36 Å². The molecule has 0 spiro atoms. The van der Waals surface area contributed by atoms with Crippen molar-refractivity contribution in [1.29, 1.82) is 0 Å². The van der Waals surface area contributed by atoms with Crippen molar-refractivity contribution in [2.45, 2.75) is 18.5 Å². The monoisotopic (exact) mass is 341 g/mol. The van der Waals surface area contributed by atoms with E-state index in [1.807, 2.05) is 22.8 Å². The summed E-state index contributed by atoms with van der Waals surface area (Å²) in [6, 6.07) is 5.96. The van der Waals surface area contributed by atoms with E-state index < -0.39 is 5.97 Å². The Labute approximate surface area is 123 Å². The number of carboxylic acids is 1. The van der Waals surface area contributed by atoms with Gasteiger partial charge in [0.25, 0.3) is 0 Å². The van der Waals surface area contributed by atoms with Gasteiger partial charge in [0.05, 0.1) is 11.4 Å². The number of carboxylic acid groups (broad SMARTS) is 1. The molecule has 0 amide bonds. The molecule has 1 aromatic heterocycles. The van der Waals surface area contributed by atoms with E-state index in [4.69, 9.17) is 5.11 Å². The summed E-state index contributed by atoms with van der Waals surface area (Å²) in [6.45, 7) is 2.07. The first-order chi connectivity index (χ1) is 9.11. The number of benzene rings is 1. The molecular formula is C12H12BrN3O2S. The molecule has 0 unspecified atom stereocenters. The zero-order chi connectivity index (χ0) is 13.8. The van der Waals surface area contributed by atoms with Gasteiger partial charge in [-0.15, -0.1) is 10.2 Å². The van der Waals surface area contributed by atoms with Crippen LogP contribution < -0.4 is 0 Å². The average molecular weight is 342 g/mol.